The number of imidazole rings is 2. The number of ether oxygens (including phenoxy) is 2. The number of benzene rings is 5. The van der Waals surface area contributed by atoms with Crippen LogP contribution in [0.5, 0.6) is 11.6 Å². The fourth-order valence-corrected chi connectivity index (χ4v) is 11.5. The van der Waals surface area contributed by atoms with Crippen molar-refractivity contribution in [2.75, 3.05) is 5.32 Å². The number of aryl methyl sites for hydroxylation is 1. The molecule has 5 amide bonds. The van der Waals surface area contributed by atoms with Crippen LogP contribution in [0, 0.1) is 12.3 Å². The Morgan fingerprint density at radius 3 is 1.51 bits per heavy atom. The minimum atomic E-state index is -0.590. The van der Waals surface area contributed by atoms with Crippen LogP contribution in [0.4, 0.5) is 15.5 Å². The molecule has 626 valence electrons. The van der Waals surface area contributed by atoms with E-state index in [0.717, 1.165) is 27.9 Å². The lowest BCUT2D eigenvalue weighted by atomic mass is 9.97. The highest BCUT2D eigenvalue weighted by atomic mass is 16.5. The van der Waals surface area contributed by atoms with Gasteiger partial charge >= 0.3 is 29.4 Å². The van der Waals surface area contributed by atoms with Gasteiger partial charge in [0.25, 0.3) is 0 Å². The van der Waals surface area contributed by atoms with E-state index >= 15 is 0 Å². The summed E-state index contributed by atoms with van der Waals surface area (Å²) in [5, 5.41) is 8.09. The Kier molecular flexibility index (Phi) is 32.8. The number of anilines is 1. The third-order valence-corrected chi connectivity index (χ3v) is 18.4. The van der Waals surface area contributed by atoms with Crippen molar-refractivity contribution in [3.63, 3.8) is 0 Å². The summed E-state index contributed by atoms with van der Waals surface area (Å²) in [7, 11) is 0. The highest BCUT2D eigenvalue weighted by Gasteiger charge is 2.26. The summed E-state index contributed by atoms with van der Waals surface area (Å²) in [6, 6.07) is 46.3. The molecule has 28 nitrogen and oxygen atoms in total. The Morgan fingerprint density at radius 2 is 0.992 bits per heavy atom. The van der Waals surface area contributed by atoms with Gasteiger partial charge in [-0.25, -0.2) is 39.1 Å². The molecule has 6 aromatic heterocycles. The number of fused-ring (bicyclic) bond motifs is 2. The van der Waals surface area contributed by atoms with E-state index in [1.54, 1.807) is 115 Å². The molecule has 8 heterocycles. The van der Waals surface area contributed by atoms with Crippen LogP contribution in [0.15, 0.2) is 241 Å². The largest absolute Gasteiger partial charge is 0.471 e. The number of hydrogen-bond acceptors (Lipinski definition) is 19. The van der Waals surface area contributed by atoms with Gasteiger partial charge in [0, 0.05) is 89.1 Å². The SMILES string of the molecule is C=C1C=CN(C(C)C)C(=O)N1.C=C1NC(=O)N(C(C)C)C=C1C.CC(C)n1ccc(CC(=O)c2ccccc2)nc1=O.CC(C)n1cnc2c(CC(=O)c3ccccc3)ncnc21.CC(C)n1cnc2c(OCc3ccc(OC(=O)C(C)(C)C)cc3)nc(NC(=O)Cc3ccccc3)nc21.Cc1cn(C(C)C)c(=O)nc1CC(=O)c1ccccc1. The molecule has 0 spiro atoms. The zero-order chi connectivity index (χ0) is 87.7. The van der Waals surface area contributed by atoms with Crippen LogP contribution in [-0.2, 0) is 41.9 Å². The first-order valence-electron chi connectivity index (χ1n) is 39.5. The number of allylic oxidation sites excluding steroid dienone is 2. The minimum Gasteiger partial charge on any atom is -0.471 e. The number of amides is 5. The lowest BCUT2D eigenvalue weighted by molar-refractivity contribution is -0.143. The molecule has 11 aromatic rings. The van der Waals surface area contributed by atoms with Gasteiger partial charge < -0.3 is 29.2 Å². The molecular formula is C92H107N17O11. The van der Waals surface area contributed by atoms with Crippen molar-refractivity contribution >= 4 is 69.6 Å². The zero-order valence-electron chi connectivity index (χ0n) is 71.2. The number of esters is 1. The fourth-order valence-electron chi connectivity index (χ4n) is 11.5. The Hall–Kier alpha value is -13.8. The van der Waals surface area contributed by atoms with E-state index in [1.807, 2.05) is 208 Å². The summed E-state index contributed by atoms with van der Waals surface area (Å²) in [6.07, 6.45) is 14.5. The number of ketones is 3. The fraction of sp³-hybridized carbons (Fsp3) is 0.315. The predicted octanol–water partition coefficient (Wildman–Crippen LogP) is 16.0. The van der Waals surface area contributed by atoms with E-state index in [-0.39, 0.29) is 133 Å². The van der Waals surface area contributed by atoms with E-state index in [1.165, 1.54) is 10.9 Å². The van der Waals surface area contributed by atoms with Gasteiger partial charge in [-0.2, -0.15) is 19.9 Å². The summed E-state index contributed by atoms with van der Waals surface area (Å²) in [5.74, 6) is 0.326. The van der Waals surface area contributed by atoms with Crippen molar-refractivity contribution in [3.8, 4) is 11.6 Å². The van der Waals surface area contributed by atoms with Crippen molar-refractivity contribution in [1.29, 1.82) is 0 Å². The Balaban J connectivity index is 0.000000188. The average molecular weight is 1630 g/mol. The second-order valence-corrected chi connectivity index (χ2v) is 31.0. The zero-order valence-corrected chi connectivity index (χ0v) is 71.2. The van der Waals surface area contributed by atoms with Crippen LogP contribution in [0.25, 0.3) is 22.3 Å². The quantitative estimate of drug-likeness (QED) is 0.0322. The summed E-state index contributed by atoms with van der Waals surface area (Å²) >= 11 is 0. The maximum absolute atomic E-state index is 12.6. The van der Waals surface area contributed by atoms with Gasteiger partial charge in [-0.15, -0.1) is 0 Å². The van der Waals surface area contributed by atoms with E-state index < -0.39 is 5.41 Å². The number of nitrogens with one attached hydrogen (secondary N) is 3. The molecule has 0 saturated heterocycles. The van der Waals surface area contributed by atoms with Crippen molar-refractivity contribution in [3.05, 3.63) is 303 Å². The normalized spacial score (nSPS) is 12.4. The first-order valence-corrected chi connectivity index (χ1v) is 39.5. The van der Waals surface area contributed by atoms with Gasteiger partial charge in [-0.05, 0) is 164 Å². The molecule has 0 aliphatic carbocycles. The summed E-state index contributed by atoms with van der Waals surface area (Å²) < 4.78 is 18.4. The Labute approximate surface area is 699 Å². The van der Waals surface area contributed by atoms with Crippen molar-refractivity contribution < 1.29 is 43.0 Å². The second kappa shape index (κ2) is 42.9. The molecule has 2 aliphatic rings. The van der Waals surface area contributed by atoms with Gasteiger partial charge in [-0.1, -0.05) is 147 Å². The molecule has 0 fully saturated rings. The summed E-state index contributed by atoms with van der Waals surface area (Å²) in [4.78, 5) is 145. The number of rotatable bonds is 22. The molecule has 120 heavy (non-hydrogen) atoms. The number of nitrogens with zero attached hydrogens (tertiary/aromatic N) is 14. The topological polar surface area (TPSA) is 337 Å². The van der Waals surface area contributed by atoms with Gasteiger partial charge in [0.05, 0.1) is 60.8 Å². The van der Waals surface area contributed by atoms with Crippen molar-refractivity contribution in [2.45, 2.75) is 186 Å². The van der Waals surface area contributed by atoms with Crippen LogP contribution >= 0.6 is 0 Å². The summed E-state index contributed by atoms with van der Waals surface area (Å²) in [5.41, 5.74) is 9.99. The van der Waals surface area contributed by atoms with Crippen LogP contribution < -0.4 is 36.8 Å². The number of carbonyl (C=O) groups is 7. The monoisotopic (exact) mass is 1630 g/mol. The molecule has 5 aromatic carbocycles. The number of hydrogen-bond donors (Lipinski definition) is 3. The standard InChI is InChI=1S/C28H31N5O4.C16H16N4O.C16H18N2O2.C15H16N2O2.C9H14N2O.C8H12N2O/c1-18(2)33-17-29-23-24(33)31-27(30-22(34)15-19-9-7-6-8-10-19)32-25(23)36-16-20-11-13-21(14-12-20)37-26(35)28(3,4)5;1-11(2)20-10-19-15-13(17-9-18-16(15)20)8-14(21)12-6-4-3-5-7-12;1-11(2)18-10-12(3)14(17-16(18)20)9-15(19)13-7-5-4-6-8-13;1-11(2)17-9-8-13(16-15(17)19)10-14(18)12-6-4-3-5-7-12;1-6(2)11-5-7(3)8(4)10-9(11)12;1-6(2)10-5-4-7(3)9-8(10)11/h6-14,17-18H,15-16H2,1-5H3,(H,30,31,32,34);3-7,9-11H,8H2,1-2H3;4-8,10-11H,9H2,1-3H3;3-9,11H,10H2,1-2H3;5-6H,4H2,1-3H3,(H,10,12);4-6H,3H2,1-2H3,(H,9,11). The maximum Gasteiger partial charge on any atom is 0.348 e. The number of aromatic nitrogens is 12. The van der Waals surface area contributed by atoms with Crippen LogP contribution in [-0.4, -0.2) is 121 Å². The van der Waals surface area contributed by atoms with Crippen molar-refractivity contribution in [1.82, 2.24) is 78.6 Å². The first-order chi connectivity index (χ1) is 57.0. The van der Waals surface area contributed by atoms with Crippen LogP contribution in [0.2, 0.25) is 0 Å². The molecule has 0 radical (unpaired) electrons. The average Bonchev–Trinajstić information content (AvgIpc) is 1.63. The lowest BCUT2D eigenvalue weighted by Crippen LogP contribution is -2.43. The van der Waals surface area contributed by atoms with Gasteiger partial charge in [0.1, 0.15) is 24.2 Å². The van der Waals surface area contributed by atoms with E-state index in [0.29, 0.717) is 67.6 Å². The second-order valence-electron chi connectivity index (χ2n) is 31.0. The summed E-state index contributed by atoms with van der Waals surface area (Å²) in [6.45, 7) is 40.5. The molecule has 28 heteroatoms. The molecule has 0 atom stereocenters. The molecule has 0 unspecified atom stereocenters. The van der Waals surface area contributed by atoms with Gasteiger partial charge in [0.15, 0.2) is 34.2 Å². The van der Waals surface area contributed by atoms with E-state index in [9.17, 15) is 43.2 Å². The number of urea groups is 2. The number of Topliss-reactive ketones (excluding diaryl/α,β-unsaturated/α-hetero) is 3. The van der Waals surface area contributed by atoms with Crippen LogP contribution in [0.1, 0.15) is 200 Å². The molecule has 0 saturated carbocycles. The first kappa shape index (κ1) is 91.7. The third-order valence-electron chi connectivity index (χ3n) is 18.4. The Morgan fingerprint density at radius 1 is 0.492 bits per heavy atom. The molecular weight excluding hydrogens is 1520 g/mol. The maximum atomic E-state index is 12.6. The minimum absolute atomic E-state index is 0.0251. The smallest absolute Gasteiger partial charge is 0.348 e. The highest BCUT2D eigenvalue weighted by Crippen LogP contribution is 2.28. The molecule has 13 rings (SSSR count). The van der Waals surface area contributed by atoms with Crippen LogP contribution in [0.3, 0.4) is 0 Å². The van der Waals surface area contributed by atoms with E-state index in [2.05, 4.69) is 82.8 Å². The molecule has 3 N–H and O–H groups in total. The third kappa shape index (κ3) is 26.4. The lowest BCUT2D eigenvalue weighted by Gasteiger charge is -2.28. The molecule has 0 bridgehead atoms. The van der Waals surface area contributed by atoms with Gasteiger partial charge in [0.2, 0.25) is 17.7 Å². The molecule has 2 aliphatic heterocycles. The predicted molar refractivity (Wildman–Crippen MR) is 464 cm³/mol. The van der Waals surface area contributed by atoms with Crippen molar-refractivity contribution in [2.24, 2.45) is 5.41 Å². The highest BCUT2D eigenvalue weighted by molar-refractivity contribution is 5.99. The number of carbonyl (C=O) groups excluding carboxylic acids is 7. The van der Waals surface area contributed by atoms with Gasteiger partial charge in [-0.3, -0.25) is 48.2 Å². The van der Waals surface area contributed by atoms with E-state index in [4.69, 9.17) is 9.47 Å². The Bertz CT molecular complexity index is 5610.